The van der Waals surface area contributed by atoms with Gasteiger partial charge in [0.05, 0.1) is 18.8 Å². The molecule has 0 aromatic heterocycles. The van der Waals surface area contributed by atoms with Gasteiger partial charge in [-0.1, -0.05) is 30.4 Å². The highest BCUT2D eigenvalue weighted by Gasteiger charge is 2.50. The number of fused-ring (bicyclic) bond motifs is 2. The molecule has 0 spiro atoms. The molecule has 8 heteroatoms. The highest BCUT2D eigenvalue weighted by atomic mass is 16.7. The van der Waals surface area contributed by atoms with Crippen molar-refractivity contribution < 1.29 is 38.3 Å². The standard InChI is InChI=1S/C28H38O8/c29-25-15-20-19(8-5-12-27-32-17-18-7-1-2-9-21(18)34-27)23(16-24(20)33-25)36-28-22(10-6-14-31-28)35-26-11-3-4-13-30-26/h1-2,5,7-9,19-20,22-29H,3-4,6,10-17H2/t19-,20-,22+,23-,24+,25?,26?,27?,28?/m1/s1. The van der Waals surface area contributed by atoms with Crippen LogP contribution in [0.4, 0.5) is 0 Å². The fourth-order valence-electron chi connectivity index (χ4n) is 6.18. The van der Waals surface area contributed by atoms with E-state index in [0.717, 1.165) is 56.4 Å². The van der Waals surface area contributed by atoms with Gasteiger partial charge in [-0.05, 0) is 44.1 Å². The van der Waals surface area contributed by atoms with Crippen molar-refractivity contribution in [3.63, 3.8) is 0 Å². The third-order valence-electron chi connectivity index (χ3n) is 8.01. The summed E-state index contributed by atoms with van der Waals surface area (Å²) in [6, 6.07) is 7.98. The van der Waals surface area contributed by atoms with E-state index in [0.29, 0.717) is 26.1 Å². The first-order chi connectivity index (χ1) is 17.7. The lowest BCUT2D eigenvalue weighted by molar-refractivity contribution is -0.289. The summed E-state index contributed by atoms with van der Waals surface area (Å²) in [5.41, 5.74) is 1.07. The number of ether oxygens (including phenoxy) is 7. The largest absolute Gasteiger partial charge is 0.464 e. The summed E-state index contributed by atoms with van der Waals surface area (Å²) in [6.07, 6.45) is 9.47. The Bertz CT molecular complexity index is 886. The number of hydrogen-bond acceptors (Lipinski definition) is 8. The van der Waals surface area contributed by atoms with E-state index < -0.39 is 12.6 Å². The maximum atomic E-state index is 10.1. The Morgan fingerprint density at radius 1 is 0.944 bits per heavy atom. The molecule has 4 fully saturated rings. The number of aliphatic hydroxyl groups is 1. The highest BCUT2D eigenvalue weighted by molar-refractivity contribution is 5.33. The maximum Gasteiger partial charge on any atom is 0.203 e. The maximum absolute atomic E-state index is 10.1. The quantitative estimate of drug-likeness (QED) is 0.559. The first kappa shape index (κ1) is 24.8. The molecule has 0 amide bonds. The third kappa shape index (κ3) is 5.65. The second-order valence-electron chi connectivity index (χ2n) is 10.5. The lowest BCUT2D eigenvalue weighted by atomic mass is 9.91. The van der Waals surface area contributed by atoms with Crippen LogP contribution in [-0.4, -0.2) is 61.8 Å². The fraction of sp³-hybridized carbons (Fsp3) is 0.714. The van der Waals surface area contributed by atoms with Gasteiger partial charge in [-0.25, -0.2) is 0 Å². The van der Waals surface area contributed by atoms with Crippen LogP contribution in [-0.2, 0) is 35.0 Å². The van der Waals surface area contributed by atoms with Crippen LogP contribution in [0.15, 0.2) is 36.4 Å². The Hall–Kier alpha value is -1.52. The molecule has 198 valence electrons. The first-order valence-electron chi connectivity index (χ1n) is 13.6. The SMILES string of the molecule is OC1C[C@@H]2[C@@H](C=CCC3OCc4ccccc4O3)[C@H](OC3OCCC[C@@H]3OC3CCCCO3)C[C@@H]2O1. The summed E-state index contributed by atoms with van der Waals surface area (Å²) in [7, 11) is 0. The van der Waals surface area contributed by atoms with Crippen molar-refractivity contribution in [2.24, 2.45) is 11.8 Å². The van der Waals surface area contributed by atoms with Gasteiger partial charge < -0.3 is 38.3 Å². The zero-order valence-electron chi connectivity index (χ0n) is 20.7. The molecule has 1 aromatic carbocycles. The molecule has 4 heterocycles. The molecule has 8 nitrogen and oxygen atoms in total. The molecule has 6 rings (SSSR count). The average Bonchev–Trinajstić information content (AvgIpc) is 3.41. The van der Waals surface area contributed by atoms with E-state index in [9.17, 15) is 5.11 Å². The topological polar surface area (TPSA) is 84.8 Å². The molecule has 3 saturated heterocycles. The normalized spacial score (nSPS) is 40.6. The predicted octanol–water partition coefficient (Wildman–Crippen LogP) is 4.04. The van der Waals surface area contributed by atoms with Crippen LogP contribution < -0.4 is 4.74 Å². The molecule has 36 heavy (non-hydrogen) atoms. The van der Waals surface area contributed by atoms with E-state index in [1.54, 1.807) is 0 Å². The van der Waals surface area contributed by atoms with Crippen LogP contribution in [0.25, 0.3) is 0 Å². The Morgan fingerprint density at radius 2 is 1.86 bits per heavy atom. The van der Waals surface area contributed by atoms with Crippen molar-refractivity contribution in [2.75, 3.05) is 13.2 Å². The van der Waals surface area contributed by atoms with Gasteiger partial charge in [0.2, 0.25) is 6.29 Å². The summed E-state index contributed by atoms with van der Waals surface area (Å²) in [4.78, 5) is 0. The second-order valence-corrected chi connectivity index (χ2v) is 10.5. The van der Waals surface area contributed by atoms with Crippen molar-refractivity contribution in [3.05, 3.63) is 42.0 Å². The molecule has 0 radical (unpaired) electrons. The van der Waals surface area contributed by atoms with Crippen molar-refractivity contribution in [3.8, 4) is 5.75 Å². The van der Waals surface area contributed by atoms with E-state index in [1.165, 1.54) is 0 Å². The summed E-state index contributed by atoms with van der Waals surface area (Å²) in [6.45, 7) is 1.98. The number of aliphatic hydroxyl groups excluding tert-OH is 1. The molecule has 0 bridgehead atoms. The van der Waals surface area contributed by atoms with Gasteiger partial charge in [0.25, 0.3) is 0 Å². The van der Waals surface area contributed by atoms with Gasteiger partial charge in [-0.2, -0.15) is 0 Å². The van der Waals surface area contributed by atoms with Crippen LogP contribution in [0, 0.1) is 11.8 Å². The van der Waals surface area contributed by atoms with Crippen molar-refractivity contribution in [1.29, 1.82) is 0 Å². The van der Waals surface area contributed by atoms with Crippen molar-refractivity contribution in [2.45, 2.75) is 101 Å². The molecule has 5 aliphatic rings. The van der Waals surface area contributed by atoms with E-state index >= 15 is 0 Å². The van der Waals surface area contributed by atoms with E-state index in [1.807, 2.05) is 24.3 Å². The minimum Gasteiger partial charge on any atom is -0.464 e. The van der Waals surface area contributed by atoms with E-state index in [2.05, 4.69) is 12.2 Å². The molecular weight excluding hydrogens is 464 g/mol. The van der Waals surface area contributed by atoms with Crippen LogP contribution in [0.2, 0.25) is 0 Å². The summed E-state index contributed by atoms with van der Waals surface area (Å²) in [5.74, 6) is 1.21. The average molecular weight is 503 g/mol. The number of hydrogen-bond donors (Lipinski definition) is 1. The molecule has 1 N–H and O–H groups in total. The second kappa shape index (κ2) is 11.5. The summed E-state index contributed by atoms with van der Waals surface area (Å²) >= 11 is 0. The zero-order valence-corrected chi connectivity index (χ0v) is 20.7. The molecule has 1 aliphatic carbocycles. The van der Waals surface area contributed by atoms with E-state index in [4.69, 9.17) is 33.2 Å². The lowest BCUT2D eigenvalue weighted by Gasteiger charge is -2.37. The van der Waals surface area contributed by atoms with Crippen LogP contribution in [0.5, 0.6) is 5.75 Å². The highest BCUT2D eigenvalue weighted by Crippen LogP contribution is 2.45. The Kier molecular flexibility index (Phi) is 7.90. The Balaban J connectivity index is 1.10. The zero-order chi connectivity index (χ0) is 24.3. The van der Waals surface area contributed by atoms with Crippen LogP contribution >= 0.6 is 0 Å². The summed E-state index contributed by atoms with van der Waals surface area (Å²) < 4.78 is 42.5. The molecular formula is C28H38O8. The monoisotopic (exact) mass is 502 g/mol. The number of rotatable bonds is 7. The number of benzene rings is 1. The van der Waals surface area contributed by atoms with Gasteiger partial charge in [0, 0.05) is 44.0 Å². The Morgan fingerprint density at radius 3 is 2.78 bits per heavy atom. The molecule has 9 atom stereocenters. The lowest BCUT2D eigenvalue weighted by Crippen LogP contribution is -2.44. The minimum atomic E-state index is -0.705. The van der Waals surface area contributed by atoms with Crippen molar-refractivity contribution >= 4 is 0 Å². The minimum absolute atomic E-state index is 0.0154. The smallest absolute Gasteiger partial charge is 0.203 e. The third-order valence-corrected chi connectivity index (χ3v) is 8.01. The molecule has 1 saturated carbocycles. The van der Waals surface area contributed by atoms with Crippen molar-refractivity contribution in [1.82, 2.24) is 0 Å². The first-order valence-corrected chi connectivity index (χ1v) is 13.6. The van der Waals surface area contributed by atoms with Gasteiger partial charge in [-0.3, -0.25) is 0 Å². The fourth-order valence-corrected chi connectivity index (χ4v) is 6.18. The van der Waals surface area contributed by atoms with Crippen LogP contribution in [0.3, 0.4) is 0 Å². The predicted molar refractivity (Wildman–Crippen MR) is 129 cm³/mol. The van der Waals surface area contributed by atoms with Gasteiger partial charge in [0.1, 0.15) is 11.9 Å². The number of para-hydroxylation sites is 1. The van der Waals surface area contributed by atoms with Gasteiger partial charge >= 0.3 is 0 Å². The van der Waals surface area contributed by atoms with Gasteiger partial charge in [-0.15, -0.1) is 0 Å². The summed E-state index contributed by atoms with van der Waals surface area (Å²) in [5, 5.41) is 10.1. The van der Waals surface area contributed by atoms with Gasteiger partial charge in [0.15, 0.2) is 18.9 Å². The molecule has 4 aliphatic heterocycles. The van der Waals surface area contributed by atoms with Crippen LogP contribution in [0.1, 0.15) is 56.9 Å². The Labute approximate surface area is 212 Å². The molecule has 4 unspecified atom stereocenters. The van der Waals surface area contributed by atoms with E-state index in [-0.39, 0.29) is 42.7 Å². The molecule has 1 aromatic rings.